The summed E-state index contributed by atoms with van der Waals surface area (Å²) in [5.41, 5.74) is 0.275. The molecular formula is C13H19FN2O2S. The van der Waals surface area contributed by atoms with Crippen molar-refractivity contribution >= 4 is 15.7 Å². The molecule has 4 nitrogen and oxygen atoms in total. The van der Waals surface area contributed by atoms with E-state index >= 15 is 0 Å². The molecule has 1 aromatic carbocycles. The molecule has 2 rings (SSSR count). The SMILES string of the molecule is O=S(=O)(CCC1CCCCN1)Nc1cccc(F)c1. The van der Waals surface area contributed by atoms with Crippen molar-refractivity contribution in [2.24, 2.45) is 0 Å². The van der Waals surface area contributed by atoms with Gasteiger partial charge < -0.3 is 5.32 Å². The van der Waals surface area contributed by atoms with Gasteiger partial charge in [0.15, 0.2) is 0 Å². The highest BCUT2D eigenvalue weighted by Gasteiger charge is 2.17. The highest BCUT2D eigenvalue weighted by Crippen LogP contribution is 2.14. The summed E-state index contributed by atoms with van der Waals surface area (Å²) in [5.74, 6) is -0.393. The Morgan fingerprint density at radius 3 is 2.89 bits per heavy atom. The average Bonchev–Trinajstić information content (AvgIpc) is 2.37. The van der Waals surface area contributed by atoms with Crippen LogP contribution in [0, 0.1) is 5.82 Å². The van der Waals surface area contributed by atoms with Crippen LogP contribution >= 0.6 is 0 Å². The zero-order valence-electron chi connectivity index (χ0n) is 10.7. The number of piperidine rings is 1. The third-order valence-electron chi connectivity index (χ3n) is 3.25. The molecule has 1 heterocycles. The van der Waals surface area contributed by atoms with Crippen LogP contribution in [0.3, 0.4) is 0 Å². The Bertz CT molecular complexity index is 513. The Balaban J connectivity index is 1.87. The normalized spacial score (nSPS) is 20.2. The number of benzene rings is 1. The zero-order chi connectivity index (χ0) is 13.7. The van der Waals surface area contributed by atoms with Gasteiger partial charge in [-0.15, -0.1) is 0 Å². The lowest BCUT2D eigenvalue weighted by atomic mass is 10.0. The van der Waals surface area contributed by atoms with Gasteiger partial charge in [-0.05, 0) is 44.0 Å². The highest BCUT2D eigenvalue weighted by atomic mass is 32.2. The topological polar surface area (TPSA) is 58.2 Å². The van der Waals surface area contributed by atoms with Crippen molar-refractivity contribution < 1.29 is 12.8 Å². The van der Waals surface area contributed by atoms with E-state index < -0.39 is 15.8 Å². The van der Waals surface area contributed by atoms with Crippen molar-refractivity contribution in [1.82, 2.24) is 5.32 Å². The van der Waals surface area contributed by atoms with Gasteiger partial charge in [0.2, 0.25) is 10.0 Å². The number of halogens is 1. The quantitative estimate of drug-likeness (QED) is 0.871. The van der Waals surface area contributed by atoms with Crippen LogP contribution in [-0.4, -0.2) is 26.8 Å². The zero-order valence-corrected chi connectivity index (χ0v) is 11.5. The molecule has 1 aliphatic rings. The van der Waals surface area contributed by atoms with Gasteiger partial charge in [-0.3, -0.25) is 4.72 Å². The van der Waals surface area contributed by atoms with Crippen molar-refractivity contribution in [1.29, 1.82) is 0 Å². The molecule has 1 fully saturated rings. The number of rotatable bonds is 5. The van der Waals surface area contributed by atoms with Crippen molar-refractivity contribution in [3.8, 4) is 0 Å². The van der Waals surface area contributed by atoms with E-state index in [1.807, 2.05) is 0 Å². The number of anilines is 1. The fourth-order valence-electron chi connectivity index (χ4n) is 2.25. The monoisotopic (exact) mass is 286 g/mol. The maximum Gasteiger partial charge on any atom is 0.232 e. The van der Waals surface area contributed by atoms with Gasteiger partial charge >= 0.3 is 0 Å². The number of sulfonamides is 1. The van der Waals surface area contributed by atoms with Gasteiger partial charge in [-0.2, -0.15) is 0 Å². The minimum Gasteiger partial charge on any atom is -0.314 e. The minimum atomic E-state index is -3.41. The van der Waals surface area contributed by atoms with Crippen LogP contribution in [0.4, 0.5) is 10.1 Å². The standard InChI is InChI=1S/C13H19FN2O2S/c14-11-4-3-6-13(10-11)16-19(17,18)9-7-12-5-1-2-8-15-12/h3-4,6,10,12,15-16H,1-2,5,7-9H2. The second kappa shape index (κ2) is 6.34. The first-order valence-electron chi connectivity index (χ1n) is 6.55. The molecule has 0 aliphatic carbocycles. The van der Waals surface area contributed by atoms with E-state index in [0.717, 1.165) is 25.8 Å². The predicted molar refractivity (Wildman–Crippen MR) is 74.1 cm³/mol. The summed E-state index contributed by atoms with van der Waals surface area (Å²) in [6.07, 6.45) is 3.92. The smallest absolute Gasteiger partial charge is 0.232 e. The third kappa shape index (κ3) is 4.80. The summed E-state index contributed by atoms with van der Waals surface area (Å²) in [6.45, 7) is 0.960. The van der Waals surface area contributed by atoms with Crippen LogP contribution in [0.15, 0.2) is 24.3 Å². The van der Waals surface area contributed by atoms with Crippen LogP contribution in [0.5, 0.6) is 0 Å². The van der Waals surface area contributed by atoms with E-state index in [1.54, 1.807) is 6.07 Å². The molecule has 1 unspecified atom stereocenters. The lowest BCUT2D eigenvalue weighted by molar-refractivity contribution is 0.393. The Hall–Kier alpha value is -1.14. The molecule has 0 spiro atoms. The van der Waals surface area contributed by atoms with Gasteiger partial charge in [-0.25, -0.2) is 12.8 Å². The van der Waals surface area contributed by atoms with Crippen molar-refractivity contribution in [2.45, 2.75) is 31.7 Å². The molecule has 1 aliphatic heterocycles. The Morgan fingerprint density at radius 2 is 2.21 bits per heavy atom. The second-order valence-corrected chi connectivity index (χ2v) is 6.71. The lowest BCUT2D eigenvalue weighted by Gasteiger charge is -2.23. The van der Waals surface area contributed by atoms with Gasteiger partial charge in [0.1, 0.15) is 5.82 Å². The Morgan fingerprint density at radius 1 is 1.37 bits per heavy atom. The maximum absolute atomic E-state index is 13.0. The summed E-state index contributed by atoms with van der Waals surface area (Å²) in [7, 11) is -3.41. The molecule has 0 radical (unpaired) electrons. The van der Waals surface area contributed by atoms with Crippen LogP contribution in [0.2, 0.25) is 0 Å². The van der Waals surface area contributed by atoms with Crippen LogP contribution < -0.4 is 10.0 Å². The molecule has 19 heavy (non-hydrogen) atoms. The molecule has 106 valence electrons. The summed E-state index contributed by atoms with van der Waals surface area (Å²) in [6, 6.07) is 5.76. The molecule has 0 amide bonds. The molecule has 1 atom stereocenters. The Kier molecular flexibility index (Phi) is 4.76. The van der Waals surface area contributed by atoms with E-state index in [4.69, 9.17) is 0 Å². The summed E-state index contributed by atoms with van der Waals surface area (Å²) in [5, 5.41) is 3.31. The van der Waals surface area contributed by atoms with Crippen LogP contribution in [0.1, 0.15) is 25.7 Å². The van der Waals surface area contributed by atoms with Gasteiger partial charge in [0.25, 0.3) is 0 Å². The predicted octanol–water partition coefficient (Wildman–Crippen LogP) is 2.10. The fourth-order valence-corrected chi connectivity index (χ4v) is 3.43. The Labute approximate surface area is 113 Å². The maximum atomic E-state index is 13.0. The van der Waals surface area contributed by atoms with Gasteiger partial charge in [0.05, 0.1) is 11.4 Å². The first-order valence-corrected chi connectivity index (χ1v) is 8.20. The molecule has 0 saturated carbocycles. The number of hydrogen-bond donors (Lipinski definition) is 2. The number of hydrogen-bond acceptors (Lipinski definition) is 3. The molecule has 6 heteroatoms. The second-order valence-electron chi connectivity index (χ2n) is 4.87. The van der Waals surface area contributed by atoms with Gasteiger partial charge in [-0.1, -0.05) is 12.5 Å². The van der Waals surface area contributed by atoms with E-state index in [2.05, 4.69) is 10.0 Å². The molecule has 0 bridgehead atoms. The summed E-state index contributed by atoms with van der Waals surface area (Å²) in [4.78, 5) is 0. The lowest BCUT2D eigenvalue weighted by Crippen LogP contribution is -2.36. The minimum absolute atomic E-state index is 0.0567. The fraction of sp³-hybridized carbons (Fsp3) is 0.538. The first-order chi connectivity index (χ1) is 9.05. The van der Waals surface area contributed by atoms with Crippen molar-refractivity contribution in [3.05, 3.63) is 30.1 Å². The summed E-state index contributed by atoms with van der Waals surface area (Å²) >= 11 is 0. The third-order valence-corrected chi connectivity index (χ3v) is 4.57. The van der Waals surface area contributed by atoms with E-state index in [1.165, 1.54) is 18.2 Å². The van der Waals surface area contributed by atoms with Gasteiger partial charge in [0, 0.05) is 6.04 Å². The van der Waals surface area contributed by atoms with E-state index in [0.29, 0.717) is 6.42 Å². The van der Waals surface area contributed by atoms with E-state index in [-0.39, 0.29) is 17.5 Å². The van der Waals surface area contributed by atoms with Crippen molar-refractivity contribution in [2.75, 3.05) is 17.0 Å². The number of nitrogens with one attached hydrogen (secondary N) is 2. The average molecular weight is 286 g/mol. The molecular weight excluding hydrogens is 267 g/mol. The molecule has 1 saturated heterocycles. The van der Waals surface area contributed by atoms with Crippen molar-refractivity contribution in [3.63, 3.8) is 0 Å². The summed E-state index contributed by atoms with van der Waals surface area (Å²) < 4.78 is 39.2. The molecule has 1 aromatic rings. The largest absolute Gasteiger partial charge is 0.314 e. The van der Waals surface area contributed by atoms with Crippen LogP contribution in [-0.2, 0) is 10.0 Å². The van der Waals surface area contributed by atoms with Crippen LogP contribution in [0.25, 0.3) is 0 Å². The highest BCUT2D eigenvalue weighted by molar-refractivity contribution is 7.92. The first kappa shape index (κ1) is 14.3. The molecule has 0 aromatic heterocycles. The molecule has 2 N–H and O–H groups in total. The van der Waals surface area contributed by atoms with E-state index in [9.17, 15) is 12.8 Å².